The van der Waals surface area contributed by atoms with E-state index in [0.717, 1.165) is 0 Å². The molecule has 0 radical (unpaired) electrons. The summed E-state index contributed by atoms with van der Waals surface area (Å²) < 4.78 is 0. The van der Waals surface area contributed by atoms with E-state index in [1.807, 2.05) is 0 Å². The van der Waals surface area contributed by atoms with Crippen molar-refractivity contribution in [2.24, 2.45) is 5.92 Å². The molecule has 2 nitrogen and oxygen atoms in total. The van der Waals surface area contributed by atoms with Crippen LogP contribution in [0, 0.1) is 5.92 Å². The molecular formula is C4H11NaO2. The van der Waals surface area contributed by atoms with Gasteiger partial charge in [0.25, 0.3) is 0 Å². The van der Waals surface area contributed by atoms with Crippen molar-refractivity contribution in [2.75, 3.05) is 13.2 Å². The summed E-state index contributed by atoms with van der Waals surface area (Å²) in [4.78, 5) is 0. The summed E-state index contributed by atoms with van der Waals surface area (Å²) in [5, 5.41) is 16.3. The normalized spacial score (nSPS) is 8.57. The molecular weight excluding hydrogens is 103 g/mol. The molecule has 0 rings (SSSR count). The van der Waals surface area contributed by atoms with Crippen LogP contribution >= 0.6 is 0 Å². The van der Waals surface area contributed by atoms with Crippen molar-refractivity contribution in [1.29, 1.82) is 0 Å². The molecule has 0 fully saturated rings. The Hall–Kier alpha value is 0.920. The zero-order valence-electron chi connectivity index (χ0n) is 3.89. The Bertz CT molecular complexity index is 28.9. The molecule has 0 aliphatic heterocycles. The van der Waals surface area contributed by atoms with Gasteiger partial charge in [-0.2, -0.15) is 0 Å². The summed E-state index contributed by atoms with van der Waals surface area (Å²) in [6.45, 7) is 1.94. The molecule has 0 aromatic rings. The van der Waals surface area contributed by atoms with Crippen molar-refractivity contribution in [3.8, 4) is 0 Å². The molecule has 7 heavy (non-hydrogen) atoms. The van der Waals surface area contributed by atoms with Crippen LogP contribution in [0.3, 0.4) is 0 Å². The summed E-state index contributed by atoms with van der Waals surface area (Å²) in [6, 6.07) is 0. The molecule has 0 spiro atoms. The van der Waals surface area contributed by atoms with Crippen LogP contribution in [0.5, 0.6) is 0 Å². The first kappa shape index (κ1) is 10.8. The SMILES string of the molecule is CC(CO)CO.[NaH]. The summed E-state index contributed by atoms with van der Waals surface area (Å²) >= 11 is 0. The van der Waals surface area contributed by atoms with Gasteiger partial charge in [0.15, 0.2) is 0 Å². The van der Waals surface area contributed by atoms with Gasteiger partial charge < -0.3 is 10.2 Å². The Balaban J connectivity index is 0. The van der Waals surface area contributed by atoms with Gasteiger partial charge in [-0.05, 0) is 0 Å². The van der Waals surface area contributed by atoms with Crippen molar-refractivity contribution in [3.63, 3.8) is 0 Å². The molecule has 0 bridgehead atoms. The monoisotopic (exact) mass is 114 g/mol. The van der Waals surface area contributed by atoms with Crippen LogP contribution in [0.4, 0.5) is 0 Å². The van der Waals surface area contributed by atoms with E-state index in [0.29, 0.717) is 0 Å². The number of rotatable bonds is 2. The minimum absolute atomic E-state index is 0. The fourth-order valence-electron chi connectivity index (χ4n) is 0.0577. The second-order valence-electron chi connectivity index (χ2n) is 1.47. The molecule has 0 amide bonds. The fourth-order valence-corrected chi connectivity index (χ4v) is 0.0577. The van der Waals surface area contributed by atoms with Crippen LogP contribution in [-0.4, -0.2) is 53.0 Å². The average molecular weight is 114 g/mol. The standard InChI is InChI=1S/C4H10O2.Na.H/c1-4(2-5)3-6;;/h4-6H,2-3H2,1H3;;. The van der Waals surface area contributed by atoms with Crippen molar-refractivity contribution in [1.82, 2.24) is 0 Å². The van der Waals surface area contributed by atoms with E-state index in [4.69, 9.17) is 10.2 Å². The van der Waals surface area contributed by atoms with Gasteiger partial charge in [0.2, 0.25) is 0 Å². The number of hydrogen-bond acceptors (Lipinski definition) is 2. The van der Waals surface area contributed by atoms with Crippen molar-refractivity contribution >= 4 is 29.6 Å². The summed E-state index contributed by atoms with van der Waals surface area (Å²) in [6.07, 6.45) is 0. The molecule has 0 saturated carbocycles. The number of aliphatic hydroxyl groups is 2. The van der Waals surface area contributed by atoms with Gasteiger partial charge in [-0.1, -0.05) is 6.92 Å². The Morgan fingerprint density at radius 1 is 1.29 bits per heavy atom. The Kier molecular flexibility index (Phi) is 10.7. The Labute approximate surface area is 65.8 Å². The predicted molar refractivity (Wildman–Crippen MR) is 30.5 cm³/mol. The minimum atomic E-state index is 0. The van der Waals surface area contributed by atoms with E-state index in [9.17, 15) is 0 Å². The van der Waals surface area contributed by atoms with Crippen LogP contribution in [0.2, 0.25) is 0 Å². The van der Waals surface area contributed by atoms with Crippen LogP contribution < -0.4 is 0 Å². The quantitative estimate of drug-likeness (QED) is 0.450. The fraction of sp³-hybridized carbons (Fsp3) is 1.00. The van der Waals surface area contributed by atoms with E-state index >= 15 is 0 Å². The van der Waals surface area contributed by atoms with E-state index in [-0.39, 0.29) is 48.7 Å². The zero-order chi connectivity index (χ0) is 4.99. The van der Waals surface area contributed by atoms with Crippen molar-refractivity contribution < 1.29 is 10.2 Å². The average Bonchev–Trinajstić information content (AvgIpc) is 1.65. The maximum atomic E-state index is 8.17. The van der Waals surface area contributed by atoms with Crippen LogP contribution in [-0.2, 0) is 0 Å². The molecule has 3 heteroatoms. The topological polar surface area (TPSA) is 40.5 Å². The van der Waals surface area contributed by atoms with Crippen LogP contribution in [0.1, 0.15) is 6.92 Å². The predicted octanol–water partition coefficient (Wildman–Crippen LogP) is -1.04. The van der Waals surface area contributed by atoms with Gasteiger partial charge in [0.05, 0.1) is 0 Å². The third-order valence-electron chi connectivity index (χ3n) is 0.623. The molecule has 0 aromatic heterocycles. The first-order valence-corrected chi connectivity index (χ1v) is 2.03. The summed E-state index contributed by atoms with van der Waals surface area (Å²) in [7, 11) is 0. The summed E-state index contributed by atoms with van der Waals surface area (Å²) in [5.74, 6) is 0.0463. The van der Waals surface area contributed by atoms with E-state index in [1.165, 1.54) is 0 Å². The van der Waals surface area contributed by atoms with E-state index < -0.39 is 0 Å². The zero-order valence-corrected chi connectivity index (χ0v) is 3.89. The summed E-state index contributed by atoms with van der Waals surface area (Å²) in [5.41, 5.74) is 0. The van der Waals surface area contributed by atoms with Gasteiger partial charge in [0.1, 0.15) is 0 Å². The first-order valence-electron chi connectivity index (χ1n) is 2.03. The molecule has 2 N–H and O–H groups in total. The molecule has 0 aromatic carbocycles. The molecule has 40 valence electrons. The number of aliphatic hydroxyl groups excluding tert-OH is 2. The molecule has 0 heterocycles. The second-order valence-corrected chi connectivity index (χ2v) is 1.47. The van der Waals surface area contributed by atoms with Gasteiger partial charge in [-0.15, -0.1) is 0 Å². The molecule has 0 aliphatic rings. The van der Waals surface area contributed by atoms with Crippen molar-refractivity contribution in [2.45, 2.75) is 6.92 Å². The molecule has 0 aliphatic carbocycles. The third kappa shape index (κ3) is 6.92. The first-order chi connectivity index (χ1) is 2.81. The van der Waals surface area contributed by atoms with Gasteiger partial charge in [-0.25, -0.2) is 0 Å². The van der Waals surface area contributed by atoms with Crippen molar-refractivity contribution in [3.05, 3.63) is 0 Å². The van der Waals surface area contributed by atoms with Gasteiger partial charge >= 0.3 is 29.6 Å². The third-order valence-corrected chi connectivity index (χ3v) is 0.623. The Morgan fingerprint density at radius 2 is 1.57 bits per heavy atom. The van der Waals surface area contributed by atoms with Gasteiger partial charge in [0, 0.05) is 19.1 Å². The molecule has 0 atom stereocenters. The maximum absolute atomic E-state index is 8.17. The van der Waals surface area contributed by atoms with E-state index in [1.54, 1.807) is 6.92 Å². The Morgan fingerprint density at radius 3 is 1.57 bits per heavy atom. The second kappa shape index (κ2) is 6.92. The number of hydrogen-bond donors (Lipinski definition) is 2. The van der Waals surface area contributed by atoms with Gasteiger partial charge in [-0.3, -0.25) is 0 Å². The van der Waals surface area contributed by atoms with Crippen LogP contribution in [0.25, 0.3) is 0 Å². The van der Waals surface area contributed by atoms with E-state index in [2.05, 4.69) is 0 Å². The van der Waals surface area contributed by atoms with Crippen LogP contribution in [0.15, 0.2) is 0 Å². The molecule has 0 saturated heterocycles. The molecule has 0 unspecified atom stereocenters.